The molecule has 0 aromatic heterocycles. The Morgan fingerprint density at radius 2 is 1.70 bits per heavy atom. The second-order valence-electron chi connectivity index (χ2n) is 6.79. The summed E-state index contributed by atoms with van der Waals surface area (Å²) in [6, 6.07) is 18.2. The van der Waals surface area contributed by atoms with E-state index in [1.807, 2.05) is 54.6 Å². The molecule has 3 aromatic carbocycles. The number of rotatable bonds is 6. The van der Waals surface area contributed by atoms with Gasteiger partial charge in [-0.05, 0) is 35.1 Å². The fourth-order valence-electron chi connectivity index (χ4n) is 3.35. The molecular weight excluding hydrogens is 382 g/mol. The largest absolute Gasteiger partial charge is 0.445 e. The van der Waals surface area contributed by atoms with Crippen LogP contribution in [0.25, 0.3) is 16.8 Å². The van der Waals surface area contributed by atoms with Gasteiger partial charge in [-0.1, -0.05) is 60.7 Å². The Bertz CT molecular complexity index is 1130. The Labute approximate surface area is 173 Å². The van der Waals surface area contributed by atoms with Crippen molar-refractivity contribution in [3.63, 3.8) is 0 Å². The van der Waals surface area contributed by atoms with Crippen molar-refractivity contribution in [1.29, 1.82) is 0 Å². The number of benzene rings is 3. The van der Waals surface area contributed by atoms with Crippen LogP contribution in [0.1, 0.15) is 38.3 Å². The first-order valence-electron chi connectivity index (χ1n) is 9.57. The molecule has 6 heteroatoms. The van der Waals surface area contributed by atoms with E-state index in [-0.39, 0.29) is 6.61 Å². The lowest BCUT2D eigenvalue weighted by atomic mass is 9.93. The summed E-state index contributed by atoms with van der Waals surface area (Å²) in [4.78, 5) is 35.7. The standard InChI is InChI=1S/C24H19NO5/c26-22-19-11-6-10-18-17(12-13-20(21(18)19)23(27)30-22)9-4-5-14-25-24(28)29-15-16-7-2-1-3-8-16/h1-4,6-13H,5,14-15H2,(H,25,28). The summed E-state index contributed by atoms with van der Waals surface area (Å²) in [5.41, 5.74) is 2.59. The maximum Gasteiger partial charge on any atom is 0.407 e. The number of ether oxygens (including phenoxy) is 2. The lowest BCUT2D eigenvalue weighted by Gasteiger charge is -2.16. The van der Waals surface area contributed by atoms with Crippen LogP contribution in [0.4, 0.5) is 4.79 Å². The van der Waals surface area contributed by atoms with Gasteiger partial charge in [0.15, 0.2) is 0 Å². The topological polar surface area (TPSA) is 81.7 Å². The van der Waals surface area contributed by atoms with Gasteiger partial charge in [0.05, 0.1) is 11.1 Å². The van der Waals surface area contributed by atoms with Crippen LogP contribution in [0.15, 0.2) is 66.7 Å². The van der Waals surface area contributed by atoms with Crippen molar-refractivity contribution in [2.75, 3.05) is 6.54 Å². The van der Waals surface area contributed by atoms with Gasteiger partial charge < -0.3 is 14.8 Å². The Morgan fingerprint density at radius 1 is 0.933 bits per heavy atom. The molecule has 1 N–H and O–H groups in total. The van der Waals surface area contributed by atoms with Crippen molar-refractivity contribution >= 4 is 34.9 Å². The highest BCUT2D eigenvalue weighted by Crippen LogP contribution is 2.31. The summed E-state index contributed by atoms with van der Waals surface area (Å²) >= 11 is 0. The first-order valence-corrected chi connectivity index (χ1v) is 9.57. The average Bonchev–Trinajstić information content (AvgIpc) is 2.77. The third kappa shape index (κ3) is 4.07. The van der Waals surface area contributed by atoms with E-state index in [4.69, 9.17) is 9.47 Å². The van der Waals surface area contributed by atoms with Crippen LogP contribution in [0.3, 0.4) is 0 Å². The first kappa shape index (κ1) is 19.4. The summed E-state index contributed by atoms with van der Waals surface area (Å²) in [7, 11) is 0. The van der Waals surface area contributed by atoms with Crippen LogP contribution in [0.2, 0.25) is 0 Å². The first-order chi connectivity index (χ1) is 14.6. The van der Waals surface area contributed by atoms with Gasteiger partial charge in [0, 0.05) is 11.9 Å². The average molecular weight is 401 g/mol. The molecule has 0 saturated heterocycles. The molecule has 0 saturated carbocycles. The Hall–Kier alpha value is -3.93. The Kier molecular flexibility index (Phi) is 5.57. The van der Waals surface area contributed by atoms with Crippen LogP contribution < -0.4 is 5.32 Å². The van der Waals surface area contributed by atoms with E-state index < -0.39 is 18.0 Å². The summed E-state index contributed by atoms with van der Waals surface area (Å²) in [6.45, 7) is 0.653. The molecule has 1 aliphatic heterocycles. The van der Waals surface area contributed by atoms with E-state index in [2.05, 4.69) is 5.32 Å². The molecule has 30 heavy (non-hydrogen) atoms. The number of carbonyl (C=O) groups excluding carboxylic acids is 3. The van der Waals surface area contributed by atoms with E-state index in [1.54, 1.807) is 18.2 Å². The highest BCUT2D eigenvalue weighted by molar-refractivity contribution is 6.21. The number of hydrogen-bond donors (Lipinski definition) is 1. The van der Waals surface area contributed by atoms with Crippen molar-refractivity contribution in [3.8, 4) is 0 Å². The SMILES string of the molecule is O=C(NCCC=Cc1ccc2c3c(cccc13)C(=O)OC2=O)OCc1ccccc1. The number of amides is 1. The molecule has 0 aliphatic carbocycles. The molecular formula is C24H19NO5. The fraction of sp³-hybridized carbons (Fsp3) is 0.125. The normalized spacial score (nSPS) is 12.8. The summed E-state index contributed by atoms with van der Waals surface area (Å²) < 4.78 is 9.94. The van der Waals surface area contributed by atoms with Crippen molar-refractivity contribution in [3.05, 3.63) is 89.0 Å². The van der Waals surface area contributed by atoms with Crippen molar-refractivity contribution in [2.24, 2.45) is 0 Å². The molecule has 150 valence electrons. The number of carbonyl (C=O) groups is 3. The minimum absolute atomic E-state index is 0.227. The van der Waals surface area contributed by atoms with Gasteiger partial charge in [0.25, 0.3) is 0 Å². The van der Waals surface area contributed by atoms with Gasteiger partial charge in [-0.2, -0.15) is 0 Å². The number of alkyl carbamates (subject to hydrolysis) is 1. The summed E-state index contributed by atoms with van der Waals surface area (Å²) in [6.07, 6.45) is 3.96. The van der Waals surface area contributed by atoms with Gasteiger partial charge in [0.1, 0.15) is 6.61 Å². The monoisotopic (exact) mass is 401 g/mol. The van der Waals surface area contributed by atoms with Gasteiger partial charge in [-0.15, -0.1) is 0 Å². The van der Waals surface area contributed by atoms with Gasteiger partial charge in [-0.3, -0.25) is 0 Å². The third-order valence-corrected chi connectivity index (χ3v) is 4.79. The van der Waals surface area contributed by atoms with Crippen molar-refractivity contribution < 1.29 is 23.9 Å². The Morgan fingerprint density at radius 3 is 2.50 bits per heavy atom. The highest BCUT2D eigenvalue weighted by Gasteiger charge is 2.27. The molecule has 0 unspecified atom stereocenters. The molecule has 0 radical (unpaired) electrons. The molecule has 6 nitrogen and oxygen atoms in total. The zero-order chi connectivity index (χ0) is 20.9. The maximum atomic E-state index is 12.0. The van der Waals surface area contributed by atoms with E-state index in [0.29, 0.717) is 29.5 Å². The second-order valence-corrected chi connectivity index (χ2v) is 6.79. The van der Waals surface area contributed by atoms with E-state index >= 15 is 0 Å². The molecule has 0 fully saturated rings. The van der Waals surface area contributed by atoms with Gasteiger partial charge in [-0.25, -0.2) is 14.4 Å². The predicted octanol–water partition coefficient (Wildman–Crippen LogP) is 4.48. The predicted molar refractivity (Wildman–Crippen MR) is 112 cm³/mol. The zero-order valence-electron chi connectivity index (χ0n) is 16.1. The number of nitrogens with one attached hydrogen (secondary N) is 1. The smallest absolute Gasteiger partial charge is 0.407 e. The maximum absolute atomic E-state index is 12.0. The molecule has 1 aliphatic rings. The molecule has 1 amide bonds. The van der Waals surface area contributed by atoms with Gasteiger partial charge in [0.2, 0.25) is 0 Å². The zero-order valence-corrected chi connectivity index (χ0v) is 16.1. The molecule has 0 spiro atoms. The van der Waals surface area contributed by atoms with E-state index in [0.717, 1.165) is 16.5 Å². The highest BCUT2D eigenvalue weighted by atomic mass is 16.6. The molecule has 0 atom stereocenters. The minimum atomic E-state index is -0.627. The number of hydrogen-bond acceptors (Lipinski definition) is 5. The van der Waals surface area contributed by atoms with Crippen LogP contribution >= 0.6 is 0 Å². The second kappa shape index (κ2) is 8.61. The number of esters is 2. The number of cyclic esters (lactones) is 2. The summed E-state index contributed by atoms with van der Waals surface area (Å²) in [5.74, 6) is -1.25. The lowest BCUT2D eigenvalue weighted by Crippen LogP contribution is -2.24. The van der Waals surface area contributed by atoms with Crippen LogP contribution in [-0.4, -0.2) is 24.6 Å². The minimum Gasteiger partial charge on any atom is -0.445 e. The van der Waals surface area contributed by atoms with Crippen LogP contribution in [0, 0.1) is 0 Å². The van der Waals surface area contributed by atoms with E-state index in [1.165, 1.54) is 0 Å². The third-order valence-electron chi connectivity index (χ3n) is 4.79. The summed E-state index contributed by atoms with van der Waals surface area (Å²) in [5, 5.41) is 4.13. The quantitative estimate of drug-likeness (QED) is 0.374. The Balaban J connectivity index is 1.36. The molecule has 3 aromatic rings. The lowest BCUT2D eigenvalue weighted by molar-refractivity contribution is 0.0391. The van der Waals surface area contributed by atoms with E-state index in [9.17, 15) is 14.4 Å². The molecule has 4 rings (SSSR count). The van der Waals surface area contributed by atoms with Crippen molar-refractivity contribution in [2.45, 2.75) is 13.0 Å². The van der Waals surface area contributed by atoms with Crippen LogP contribution in [-0.2, 0) is 16.1 Å². The molecule has 1 heterocycles. The van der Waals surface area contributed by atoms with Crippen LogP contribution in [0.5, 0.6) is 0 Å². The molecule has 0 bridgehead atoms. The van der Waals surface area contributed by atoms with Crippen molar-refractivity contribution in [1.82, 2.24) is 5.32 Å². The van der Waals surface area contributed by atoms with Gasteiger partial charge >= 0.3 is 18.0 Å². The fourth-order valence-corrected chi connectivity index (χ4v) is 3.35.